The van der Waals surface area contributed by atoms with Gasteiger partial charge in [0.15, 0.2) is 0 Å². The molecular weight excluding hydrogens is 1380 g/mol. The second kappa shape index (κ2) is 40.5. The van der Waals surface area contributed by atoms with Gasteiger partial charge in [-0.15, -0.1) is 0 Å². The lowest BCUT2D eigenvalue weighted by Crippen LogP contribution is -2.62. The number of aliphatic hydroxyl groups is 1. The molecule has 39 heteroatoms. The number of carboxylic acids is 3. The Morgan fingerprint density at radius 2 is 0.932 bits per heavy atom. The molecule has 0 aliphatic carbocycles. The average Bonchev–Trinajstić information content (AvgIpc) is 1.69. The molecule has 103 heavy (non-hydrogen) atoms. The van der Waals surface area contributed by atoms with Gasteiger partial charge in [-0.2, -0.15) is 12.6 Å². The number of nitrogens with zero attached hydrogens (tertiary/aromatic N) is 4. The molecule has 14 atom stereocenters. The molecular formula is C64H102N16O22S. The minimum Gasteiger partial charge on any atom is -0.481 e. The molecule has 0 aromatic heterocycles. The molecule has 38 nitrogen and oxygen atoms in total. The highest BCUT2D eigenvalue weighted by molar-refractivity contribution is 7.80. The van der Waals surface area contributed by atoms with Crippen molar-refractivity contribution in [1.82, 2.24) is 72.8 Å². The topological polar surface area (TPSA) is 573 Å². The maximum atomic E-state index is 14.6. The van der Waals surface area contributed by atoms with E-state index in [1.54, 1.807) is 41.5 Å². The second-order valence-electron chi connectivity index (χ2n) is 27.3. The smallest absolute Gasteiger partial charge is 0.326 e. The van der Waals surface area contributed by atoms with Gasteiger partial charge in [0, 0.05) is 44.8 Å². The Hall–Kier alpha value is -9.27. The van der Waals surface area contributed by atoms with Crippen LogP contribution >= 0.6 is 12.6 Å². The summed E-state index contributed by atoms with van der Waals surface area (Å²) in [7, 11) is 0. The molecule has 4 heterocycles. The highest BCUT2D eigenvalue weighted by atomic mass is 32.1. The number of nitrogens with one attached hydrogen (secondary N) is 10. The molecule has 18 N–H and O–H groups in total. The maximum Gasteiger partial charge on any atom is 0.326 e. The van der Waals surface area contributed by atoms with E-state index in [2.05, 4.69) is 65.8 Å². The van der Waals surface area contributed by atoms with Crippen LogP contribution in [0.3, 0.4) is 0 Å². The van der Waals surface area contributed by atoms with Crippen molar-refractivity contribution in [2.75, 3.05) is 45.0 Å². The normalized spacial score (nSPS) is 20.1. The average molecular weight is 1480 g/mol. The maximum absolute atomic E-state index is 14.6. The fourth-order valence-electron chi connectivity index (χ4n) is 12.4. The van der Waals surface area contributed by atoms with E-state index >= 15 is 0 Å². The van der Waals surface area contributed by atoms with Crippen molar-refractivity contribution in [3.8, 4) is 0 Å². The summed E-state index contributed by atoms with van der Waals surface area (Å²) in [5.74, 6) is -18.6. The van der Waals surface area contributed by atoms with E-state index in [4.69, 9.17) is 11.5 Å². The van der Waals surface area contributed by atoms with Crippen LogP contribution in [0.1, 0.15) is 145 Å². The number of amides is 15. The van der Waals surface area contributed by atoms with Crippen LogP contribution in [-0.4, -0.2) is 276 Å². The van der Waals surface area contributed by atoms with Crippen molar-refractivity contribution in [3.63, 3.8) is 0 Å². The monoisotopic (exact) mass is 1480 g/mol. The van der Waals surface area contributed by atoms with Gasteiger partial charge in [-0.25, -0.2) is 4.79 Å². The number of likely N-dealkylation sites (tertiary alicyclic amines) is 4. The third kappa shape index (κ3) is 25.6. The fourth-order valence-corrected chi connectivity index (χ4v) is 12.6. The lowest BCUT2D eigenvalue weighted by atomic mass is 9.97. The van der Waals surface area contributed by atoms with Crippen LogP contribution in [0, 0.1) is 17.8 Å². The van der Waals surface area contributed by atoms with Gasteiger partial charge in [0.05, 0.1) is 31.7 Å². The van der Waals surface area contributed by atoms with Gasteiger partial charge in [-0.05, 0) is 102 Å². The van der Waals surface area contributed by atoms with Gasteiger partial charge < -0.3 is 105 Å². The zero-order valence-corrected chi connectivity index (χ0v) is 60.1. The number of rotatable bonds is 39. The number of carbonyl (C=O) groups is 18. The zero-order chi connectivity index (χ0) is 77.4. The number of aliphatic carboxylic acids is 3. The van der Waals surface area contributed by atoms with Crippen molar-refractivity contribution in [2.24, 2.45) is 29.2 Å². The summed E-state index contributed by atoms with van der Waals surface area (Å²) in [5, 5.41) is 63.8. The number of nitrogens with two attached hydrogens (primary N) is 2. The standard InChI is InChI=1S/C64H102N16O22S/c1-30(2)25-38(70-46(84)28-67-45(83)27-68-56(93)40-13-9-21-77(40)61(98)37(18-20-47(85)86)72-53(90)36(17-19-44(66)82)71-52(89)35(65)29-103)55(92)74-49(31(3)4)58(95)75-50(32(5)6)63(100)79-23-11-15-42(79)62(99)78-22-10-14-41(78)57(94)76-51(34(8)81)59(96)73-39(26-48(87)88)54(91)69-33(7)60(97)80-24-12-16-43(80)64(101)102/h30-43,49-51,81,103H,9-29,65H2,1-8H3,(H2,66,82)(H,67,83)(H,68,93)(H,69,91)(H,70,84)(H,71,89)(H,72,90)(H,73,96)(H,74,92)(H,75,95)(H,76,94)(H,85,86)(H,87,88)(H,101,102)/t33-,34+,35-,36-,37-,38-,39-,40-,41-,42-,43-,49-,50-,51-/m0/s1. The molecule has 0 aromatic carbocycles. The lowest BCUT2D eigenvalue weighted by molar-refractivity contribution is -0.149. The van der Waals surface area contributed by atoms with Gasteiger partial charge >= 0.3 is 17.9 Å². The van der Waals surface area contributed by atoms with E-state index in [-0.39, 0.29) is 89.2 Å². The van der Waals surface area contributed by atoms with Crippen LogP contribution < -0.4 is 64.6 Å². The largest absolute Gasteiger partial charge is 0.481 e. The van der Waals surface area contributed by atoms with Crippen LogP contribution in [0.5, 0.6) is 0 Å². The molecule has 4 fully saturated rings. The highest BCUT2D eigenvalue weighted by Crippen LogP contribution is 2.28. The minimum atomic E-state index is -1.86. The molecule has 4 rings (SSSR count). The Bertz CT molecular complexity index is 3160. The van der Waals surface area contributed by atoms with Crippen molar-refractivity contribution < 1.29 is 107 Å². The summed E-state index contributed by atoms with van der Waals surface area (Å²) in [6.07, 6.45) is -2.58. The number of carboxylic acid groups (broad SMARTS) is 3. The van der Waals surface area contributed by atoms with Gasteiger partial charge in [0.1, 0.15) is 72.5 Å². The number of primary amides is 1. The molecule has 15 amide bonds. The third-order valence-electron chi connectivity index (χ3n) is 17.9. The molecule has 0 radical (unpaired) electrons. The predicted molar refractivity (Wildman–Crippen MR) is 364 cm³/mol. The first-order valence-electron chi connectivity index (χ1n) is 34.5. The second-order valence-corrected chi connectivity index (χ2v) is 27.6. The van der Waals surface area contributed by atoms with Crippen LogP contribution in [0.25, 0.3) is 0 Å². The Morgan fingerprint density at radius 1 is 0.456 bits per heavy atom. The van der Waals surface area contributed by atoms with Crippen molar-refractivity contribution in [1.29, 1.82) is 0 Å². The van der Waals surface area contributed by atoms with Crippen LogP contribution in [0.2, 0.25) is 0 Å². The molecule has 576 valence electrons. The summed E-state index contributed by atoms with van der Waals surface area (Å²) in [4.78, 5) is 243. The van der Waals surface area contributed by atoms with E-state index in [9.17, 15) is 107 Å². The van der Waals surface area contributed by atoms with Crippen molar-refractivity contribution >= 4 is 119 Å². The Kier molecular flexibility index (Phi) is 33.9. The SMILES string of the molecule is CC(C)C[C@H](NC(=O)CNC(=O)CNC(=O)[C@@H]1CCCN1C(=O)[C@H](CCC(=O)O)NC(=O)[C@H](CCC(N)=O)NC(=O)[C@@H](N)CS)C(=O)N[C@H](C(=O)N[C@H](C(=O)N1CCC[C@H]1C(=O)N1CCC[C@H]1C(=O)N[C@H](C(=O)N[C@@H](CC(=O)O)C(=O)N[C@@H](C)C(=O)N1CCC[C@H]1C(=O)O)[C@@H](C)O)C(C)C)C(C)C. The molecule has 0 aromatic rings. The summed E-state index contributed by atoms with van der Waals surface area (Å²) in [6, 6.07) is -17.8. The zero-order valence-electron chi connectivity index (χ0n) is 59.2. The molecule has 4 aliphatic rings. The summed E-state index contributed by atoms with van der Waals surface area (Å²) < 4.78 is 0. The summed E-state index contributed by atoms with van der Waals surface area (Å²) >= 11 is 3.97. The van der Waals surface area contributed by atoms with Crippen LogP contribution in [0.15, 0.2) is 0 Å². The Labute approximate surface area is 600 Å². The third-order valence-corrected chi connectivity index (χ3v) is 18.3. The van der Waals surface area contributed by atoms with E-state index < -0.39 is 235 Å². The van der Waals surface area contributed by atoms with E-state index in [0.29, 0.717) is 19.3 Å². The number of carbonyl (C=O) groups excluding carboxylic acids is 15. The first-order chi connectivity index (χ1) is 48.3. The van der Waals surface area contributed by atoms with Crippen LogP contribution in [-0.2, 0) is 86.3 Å². The molecule has 0 saturated carbocycles. The van der Waals surface area contributed by atoms with Gasteiger partial charge in [0.25, 0.3) is 0 Å². The minimum absolute atomic E-state index is 0.0147. The molecule has 4 aliphatic heterocycles. The Balaban J connectivity index is 1.37. The fraction of sp³-hybridized carbons (Fsp3) is 0.719. The van der Waals surface area contributed by atoms with Gasteiger partial charge in [-0.3, -0.25) is 81.5 Å². The first kappa shape index (κ1) is 86.1. The highest BCUT2D eigenvalue weighted by Gasteiger charge is 2.47. The van der Waals surface area contributed by atoms with E-state index in [1.165, 1.54) is 16.7 Å². The Morgan fingerprint density at radius 3 is 1.47 bits per heavy atom. The number of thiol groups is 1. The quantitative estimate of drug-likeness (QED) is 0.0255. The van der Waals surface area contributed by atoms with Crippen LogP contribution in [0.4, 0.5) is 0 Å². The molecule has 0 spiro atoms. The van der Waals surface area contributed by atoms with E-state index in [0.717, 1.165) is 16.7 Å². The summed E-state index contributed by atoms with van der Waals surface area (Å²) in [6.45, 7) is 11.2. The van der Waals surface area contributed by atoms with Gasteiger partial charge in [0.2, 0.25) is 88.6 Å². The number of aliphatic hydroxyl groups excluding tert-OH is 1. The lowest BCUT2D eigenvalue weighted by Gasteiger charge is -2.35. The number of hydrogen-bond donors (Lipinski definition) is 17. The summed E-state index contributed by atoms with van der Waals surface area (Å²) in [5.41, 5.74) is 11.0. The van der Waals surface area contributed by atoms with E-state index in [1.807, 2.05) is 0 Å². The predicted octanol–water partition coefficient (Wildman–Crippen LogP) is -6.23. The molecule has 0 bridgehead atoms. The van der Waals surface area contributed by atoms with Gasteiger partial charge in [-0.1, -0.05) is 41.5 Å². The molecule has 4 saturated heterocycles. The van der Waals surface area contributed by atoms with Crippen molar-refractivity contribution in [2.45, 2.75) is 230 Å². The first-order valence-corrected chi connectivity index (χ1v) is 35.1. The molecule has 0 unspecified atom stereocenters. The van der Waals surface area contributed by atoms with Crippen molar-refractivity contribution in [3.05, 3.63) is 0 Å². The number of hydrogen-bond acceptors (Lipinski definition) is 21.